The molecule has 3 N–H and O–H groups in total. The predicted octanol–water partition coefficient (Wildman–Crippen LogP) is 1.51. The zero-order valence-corrected chi connectivity index (χ0v) is 13.2. The van der Waals surface area contributed by atoms with Crippen molar-refractivity contribution >= 4 is 33.8 Å². The van der Waals surface area contributed by atoms with Gasteiger partial charge in [0.1, 0.15) is 10.6 Å². The van der Waals surface area contributed by atoms with Crippen LogP contribution in [0, 0.1) is 0 Å². The molecule has 0 radical (unpaired) electrons. The van der Waals surface area contributed by atoms with E-state index in [1.807, 2.05) is 0 Å². The van der Waals surface area contributed by atoms with Gasteiger partial charge in [-0.05, 0) is 6.92 Å². The number of hydrogen-bond donors (Lipinski definition) is 2. The highest BCUT2D eigenvalue weighted by atomic mass is 32.1. The minimum atomic E-state index is -0.449. The fraction of sp³-hybridized carbons (Fsp3) is 0.571. The fourth-order valence-corrected chi connectivity index (χ4v) is 3.56. The average Bonchev–Trinajstić information content (AvgIpc) is 2.85. The van der Waals surface area contributed by atoms with Gasteiger partial charge in [-0.1, -0.05) is 6.92 Å². The topological polar surface area (TPSA) is 84.7 Å². The highest BCUT2D eigenvalue weighted by Crippen LogP contribution is 2.39. The van der Waals surface area contributed by atoms with Gasteiger partial charge in [0.15, 0.2) is 5.78 Å². The third-order valence-electron chi connectivity index (χ3n) is 3.38. The van der Waals surface area contributed by atoms with Gasteiger partial charge >= 0.3 is 5.97 Å². The number of esters is 1. The van der Waals surface area contributed by atoms with E-state index in [1.165, 1.54) is 11.3 Å². The van der Waals surface area contributed by atoms with Crippen molar-refractivity contribution in [1.82, 2.24) is 5.32 Å². The van der Waals surface area contributed by atoms with Crippen LogP contribution in [-0.4, -0.2) is 44.5 Å². The third kappa shape index (κ3) is 3.19. The van der Waals surface area contributed by atoms with Crippen LogP contribution in [0.2, 0.25) is 0 Å². The molecule has 0 saturated carbocycles. The second kappa shape index (κ2) is 6.91. The summed E-state index contributed by atoms with van der Waals surface area (Å²) in [4.78, 5) is 26.8. The van der Waals surface area contributed by atoms with E-state index in [0.29, 0.717) is 16.9 Å². The minimum Gasteiger partial charge on any atom is -0.462 e. The number of carbonyl (C=O) groups excluding carboxylic acids is 2. The summed E-state index contributed by atoms with van der Waals surface area (Å²) in [6.45, 7) is 7.08. The number of piperazine rings is 1. The molecular formula is C14H21N3O3S. The van der Waals surface area contributed by atoms with Gasteiger partial charge < -0.3 is 20.7 Å². The van der Waals surface area contributed by atoms with E-state index in [0.717, 1.165) is 31.2 Å². The van der Waals surface area contributed by atoms with Crippen molar-refractivity contribution in [2.24, 2.45) is 0 Å². The molecule has 2 heterocycles. The Hall–Kier alpha value is -1.60. The number of Topliss-reactive ketones (excluding diaryl/α,β-unsaturated/α-hetero) is 1. The number of nitrogen functional groups attached to an aromatic ring is 1. The standard InChI is InChI=1S/C14H21N3O3S/c1-3-9(18)12-11(15)10(14(19)20-4-2)13(21-12)17-7-5-16-6-8-17/h16H,3-8,15H2,1-2H3. The summed E-state index contributed by atoms with van der Waals surface area (Å²) < 4.78 is 5.10. The summed E-state index contributed by atoms with van der Waals surface area (Å²) in [6, 6.07) is 0. The van der Waals surface area contributed by atoms with Gasteiger partial charge in [0.05, 0.1) is 17.2 Å². The number of carbonyl (C=O) groups is 2. The molecule has 6 nitrogen and oxygen atoms in total. The molecule has 1 aromatic heterocycles. The average molecular weight is 311 g/mol. The number of anilines is 2. The van der Waals surface area contributed by atoms with Gasteiger partial charge in [-0.25, -0.2) is 4.79 Å². The first-order valence-corrected chi connectivity index (χ1v) is 8.00. The van der Waals surface area contributed by atoms with Crippen molar-refractivity contribution < 1.29 is 14.3 Å². The van der Waals surface area contributed by atoms with E-state index in [9.17, 15) is 9.59 Å². The van der Waals surface area contributed by atoms with Gasteiger partial charge in [-0.3, -0.25) is 4.79 Å². The lowest BCUT2D eigenvalue weighted by atomic mass is 10.1. The van der Waals surface area contributed by atoms with Crippen molar-refractivity contribution in [3.63, 3.8) is 0 Å². The zero-order chi connectivity index (χ0) is 15.4. The fourth-order valence-electron chi connectivity index (χ4n) is 2.29. The highest BCUT2D eigenvalue weighted by molar-refractivity contribution is 7.19. The van der Waals surface area contributed by atoms with Gasteiger partial charge in [-0.2, -0.15) is 0 Å². The van der Waals surface area contributed by atoms with E-state index in [-0.39, 0.29) is 18.1 Å². The van der Waals surface area contributed by atoms with Crippen LogP contribution < -0.4 is 16.0 Å². The number of nitrogens with zero attached hydrogens (tertiary/aromatic N) is 1. The molecule has 0 unspecified atom stereocenters. The highest BCUT2D eigenvalue weighted by Gasteiger charge is 2.29. The number of thiophene rings is 1. The lowest BCUT2D eigenvalue weighted by molar-refractivity contribution is 0.0529. The Kier molecular flexibility index (Phi) is 5.19. The van der Waals surface area contributed by atoms with Crippen LogP contribution in [0.15, 0.2) is 0 Å². The second-order valence-electron chi connectivity index (χ2n) is 4.76. The van der Waals surface area contributed by atoms with Gasteiger partial charge in [0.2, 0.25) is 0 Å². The van der Waals surface area contributed by atoms with Crippen molar-refractivity contribution in [1.29, 1.82) is 0 Å². The normalized spacial score (nSPS) is 15.0. The maximum atomic E-state index is 12.2. The minimum absolute atomic E-state index is 0.0376. The van der Waals surface area contributed by atoms with Crippen LogP contribution in [0.25, 0.3) is 0 Å². The first kappa shape index (κ1) is 15.8. The first-order valence-electron chi connectivity index (χ1n) is 7.18. The summed E-state index contributed by atoms with van der Waals surface area (Å²) in [5.41, 5.74) is 6.68. The van der Waals surface area contributed by atoms with Gasteiger partial charge in [0, 0.05) is 32.6 Å². The Morgan fingerprint density at radius 2 is 2.00 bits per heavy atom. The lowest BCUT2D eigenvalue weighted by Gasteiger charge is -2.28. The SMILES string of the molecule is CCOC(=O)c1c(N2CCNCC2)sc(C(=O)CC)c1N. The summed E-state index contributed by atoms with van der Waals surface area (Å²) in [5, 5.41) is 4.02. The summed E-state index contributed by atoms with van der Waals surface area (Å²) in [6.07, 6.45) is 0.369. The Morgan fingerprint density at radius 1 is 1.33 bits per heavy atom. The van der Waals surface area contributed by atoms with Crippen molar-refractivity contribution in [2.45, 2.75) is 20.3 Å². The Labute approximate surface area is 128 Å². The number of nitrogens with two attached hydrogens (primary N) is 1. The molecule has 7 heteroatoms. The molecule has 0 aromatic carbocycles. The quantitative estimate of drug-likeness (QED) is 0.633. The number of hydrogen-bond acceptors (Lipinski definition) is 7. The van der Waals surface area contributed by atoms with Crippen molar-refractivity contribution in [3.8, 4) is 0 Å². The Bertz CT molecular complexity index is 536. The van der Waals surface area contributed by atoms with E-state index < -0.39 is 5.97 Å². The van der Waals surface area contributed by atoms with E-state index >= 15 is 0 Å². The maximum Gasteiger partial charge on any atom is 0.343 e. The van der Waals surface area contributed by atoms with Crippen LogP contribution in [-0.2, 0) is 4.74 Å². The molecule has 0 spiro atoms. The Morgan fingerprint density at radius 3 is 2.57 bits per heavy atom. The van der Waals surface area contributed by atoms with E-state index in [4.69, 9.17) is 10.5 Å². The molecule has 0 aliphatic carbocycles. The number of nitrogens with one attached hydrogen (secondary N) is 1. The molecule has 116 valence electrons. The van der Waals surface area contributed by atoms with Crippen LogP contribution in [0.5, 0.6) is 0 Å². The molecule has 1 fully saturated rings. The van der Waals surface area contributed by atoms with Crippen LogP contribution in [0.3, 0.4) is 0 Å². The second-order valence-corrected chi connectivity index (χ2v) is 5.76. The summed E-state index contributed by atoms with van der Waals surface area (Å²) >= 11 is 1.30. The van der Waals surface area contributed by atoms with E-state index in [1.54, 1.807) is 13.8 Å². The van der Waals surface area contributed by atoms with Gasteiger partial charge in [0.25, 0.3) is 0 Å². The number of ether oxygens (including phenoxy) is 1. The molecule has 1 aliphatic heterocycles. The van der Waals surface area contributed by atoms with Crippen molar-refractivity contribution in [2.75, 3.05) is 43.4 Å². The van der Waals surface area contributed by atoms with Gasteiger partial charge in [-0.15, -0.1) is 11.3 Å². The molecular weight excluding hydrogens is 290 g/mol. The number of ketones is 1. The maximum absolute atomic E-state index is 12.2. The van der Waals surface area contributed by atoms with Crippen LogP contribution in [0.4, 0.5) is 10.7 Å². The molecule has 21 heavy (non-hydrogen) atoms. The molecule has 1 aromatic rings. The monoisotopic (exact) mass is 311 g/mol. The Balaban J connectivity index is 2.45. The molecule has 0 atom stereocenters. The summed E-state index contributed by atoms with van der Waals surface area (Å²) in [5.74, 6) is -0.487. The predicted molar refractivity (Wildman–Crippen MR) is 84.4 cm³/mol. The lowest BCUT2D eigenvalue weighted by Crippen LogP contribution is -2.43. The smallest absolute Gasteiger partial charge is 0.343 e. The number of rotatable bonds is 5. The molecule has 0 amide bonds. The van der Waals surface area contributed by atoms with E-state index in [2.05, 4.69) is 10.2 Å². The van der Waals surface area contributed by atoms with Crippen LogP contribution >= 0.6 is 11.3 Å². The van der Waals surface area contributed by atoms with Crippen molar-refractivity contribution in [3.05, 3.63) is 10.4 Å². The summed E-state index contributed by atoms with van der Waals surface area (Å²) in [7, 11) is 0. The molecule has 1 aliphatic rings. The molecule has 0 bridgehead atoms. The third-order valence-corrected chi connectivity index (χ3v) is 4.69. The zero-order valence-electron chi connectivity index (χ0n) is 12.4. The first-order chi connectivity index (χ1) is 10.1. The molecule has 1 saturated heterocycles. The largest absolute Gasteiger partial charge is 0.462 e. The molecule has 2 rings (SSSR count). The van der Waals surface area contributed by atoms with Crippen LogP contribution in [0.1, 0.15) is 40.3 Å².